The first-order valence-corrected chi connectivity index (χ1v) is 11.6. The predicted molar refractivity (Wildman–Crippen MR) is 133 cm³/mol. The Balaban J connectivity index is 1.78. The molecule has 4 rings (SSSR count). The summed E-state index contributed by atoms with van der Waals surface area (Å²) in [5, 5.41) is 0. The number of hydrogen-bond donors (Lipinski definition) is 0. The van der Waals surface area contributed by atoms with Crippen LogP contribution in [-0.4, -0.2) is 41.9 Å². The topological polar surface area (TPSA) is 62.7 Å². The number of imide groups is 1. The van der Waals surface area contributed by atoms with Crippen molar-refractivity contribution in [1.82, 2.24) is 9.88 Å². The predicted octanol–water partition coefficient (Wildman–Crippen LogP) is 4.50. The third-order valence-electron chi connectivity index (χ3n) is 6.16. The number of aryl methyl sites for hydroxylation is 1. The Kier molecular flexibility index (Phi) is 7.07. The molecular weight excluding hydrogens is 426 g/mol. The van der Waals surface area contributed by atoms with E-state index in [-0.39, 0.29) is 11.8 Å². The average molecular weight is 456 g/mol. The molecule has 3 aromatic rings. The zero-order chi connectivity index (χ0) is 24.1. The molecule has 34 heavy (non-hydrogen) atoms. The van der Waals surface area contributed by atoms with Gasteiger partial charge in [-0.05, 0) is 61.2 Å². The number of carbonyl (C=O) groups is 2. The van der Waals surface area contributed by atoms with E-state index in [2.05, 4.69) is 11.9 Å². The van der Waals surface area contributed by atoms with Crippen LogP contribution in [0.25, 0.3) is 5.57 Å². The third-order valence-corrected chi connectivity index (χ3v) is 6.16. The van der Waals surface area contributed by atoms with Crippen LogP contribution in [-0.2, 0) is 22.4 Å². The van der Waals surface area contributed by atoms with Gasteiger partial charge in [0, 0.05) is 31.0 Å². The summed E-state index contributed by atoms with van der Waals surface area (Å²) in [5.74, 6) is -0.0904. The van der Waals surface area contributed by atoms with Crippen LogP contribution in [0, 0.1) is 0 Å². The zero-order valence-electron chi connectivity index (χ0n) is 19.8. The molecule has 0 atom stereocenters. The van der Waals surface area contributed by atoms with E-state index < -0.39 is 0 Å². The molecule has 6 heteroatoms. The number of carbonyl (C=O) groups excluding carboxylic acids is 2. The molecule has 0 unspecified atom stereocenters. The Morgan fingerprint density at radius 3 is 2.24 bits per heavy atom. The number of likely N-dealkylation sites (N-methyl/N-ethyl adjacent to an activating group) is 1. The van der Waals surface area contributed by atoms with Crippen LogP contribution in [0.5, 0.6) is 5.75 Å². The molecule has 0 saturated heterocycles. The van der Waals surface area contributed by atoms with Crippen LogP contribution in [0.2, 0.25) is 0 Å². The number of para-hydroxylation sites is 1. The molecule has 0 saturated carbocycles. The molecule has 1 aliphatic rings. The van der Waals surface area contributed by atoms with E-state index in [0.29, 0.717) is 41.4 Å². The second-order valence-corrected chi connectivity index (χ2v) is 8.07. The summed E-state index contributed by atoms with van der Waals surface area (Å²) >= 11 is 0. The minimum absolute atomic E-state index is 0.313. The van der Waals surface area contributed by atoms with Crippen molar-refractivity contribution in [3.05, 3.63) is 95.4 Å². The van der Waals surface area contributed by atoms with Crippen LogP contribution in [0.3, 0.4) is 0 Å². The van der Waals surface area contributed by atoms with E-state index in [1.54, 1.807) is 19.5 Å². The number of aromatic nitrogens is 1. The number of hydrogen-bond acceptors (Lipinski definition) is 5. The third kappa shape index (κ3) is 4.44. The van der Waals surface area contributed by atoms with Gasteiger partial charge in [-0.1, -0.05) is 37.3 Å². The highest BCUT2D eigenvalue weighted by Gasteiger charge is 2.43. The lowest BCUT2D eigenvalue weighted by atomic mass is 10.0. The SMILES string of the molecule is CCc1ccc(N2C(=O)C(c3ccccc3OC)=C(N(CC)CCc3ccncc3)C2=O)cc1. The molecule has 2 heterocycles. The molecule has 6 nitrogen and oxygen atoms in total. The van der Waals surface area contributed by atoms with Gasteiger partial charge in [-0.3, -0.25) is 14.6 Å². The molecule has 174 valence electrons. The van der Waals surface area contributed by atoms with Crippen molar-refractivity contribution in [2.24, 2.45) is 0 Å². The van der Waals surface area contributed by atoms with Gasteiger partial charge < -0.3 is 9.64 Å². The number of rotatable bonds is 9. The van der Waals surface area contributed by atoms with Gasteiger partial charge in [0.2, 0.25) is 0 Å². The summed E-state index contributed by atoms with van der Waals surface area (Å²) in [4.78, 5) is 35.0. The number of methoxy groups -OCH3 is 1. The second-order valence-electron chi connectivity index (χ2n) is 8.07. The lowest BCUT2D eigenvalue weighted by Crippen LogP contribution is -2.36. The Hall–Kier alpha value is -3.93. The molecule has 0 aliphatic carbocycles. The Morgan fingerprint density at radius 1 is 0.882 bits per heavy atom. The van der Waals surface area contributed by atoms with E-state index in [1.807, 2.05) is 72.5 Å². The van der Waals surface area contributed by atoms with Crippen molar-refractivity contribution in [2.75, 3.05) is 25.1 Å². The molecule has 0 fully saturated rings. The molecule has 1 aromatic heterocycles. The van der Waals surface area contributed by atoms with Gasteiger partial charge >= 0.3 is 0 Å². The molecule has 2 amide bonds. The number of nitrogens with zero attached hydrogens (tertiary/aromatic N) is 3. The monoisotopic (exact) mass is 455 g/mol. The van der Waals surface area contributed by atoms with Crippen molar-refractivity contribution in [2.45, 2.75) is 26.7 Å². The van der Waals surface area contributed by atoms with Crippen molar-refractivity contribution >= 4 is 23.1 Å². The Morgan fingerprint density at radius 2 is 1.59 bits per heavy atom. The lowest BCUT2D eigenvalue weighted by molar-refractivity contribution is -0.120. The second kappa shape index (κ2) is 10.3. The summed E-state index contributed by atoms with van der Waals surface area (Å²) in [7, 11) is 1.57. The minimum Gasteiger partial charge on any atom is -0.496 e. The van der Waals surface area contributed by atoms with E-state index >= 15 is 0 Å². The molecule has 0 radical (unpaired) electrons. The van der Waals surface area contributed by atoms with Crippen LogP contribution in [0.15, 0.2) is 78.8 Å². The van der Waals surface area contributed by atoms with Gasteiger partial charge in [0.05, 0.1) is 18.4 Å². The smallest absolute Gasteiger partial charge is 0.282 e. The molecular formula is C28H29N3O3. The zero-order valence-corrected chi connectivity index (χ0v) is 19.8. The maximum Gasteiger partial charge on any atom is 0.282 e. The molecule has 0 spiro atoms. The number of anilines is 1. The van der Waals surface area contributed by atoms with Crippen LogP contribution < -0.4 is 9.64 Å². The summed E-state index contributed by atoms with van der Waals surface area (Å²) in [6, 6.07) is 18.9. The van der Waals surface area contributed by atoms with E-state index in [4.69, 9.17) is 4.74 Å². The fourth-order valence-corrected chi connectivity index (χ4v) is 4.26. The summed E-state index contributed by atoms with van der Waals surface area (Å²) < 4.78 is 5.56. The van der Waals surface area contributed by atoms with Crippen molar-refractivity contribution < 1.29 is 14.3 Å². The minimum atomic E-state index is -0.337. The van der Waals surface area contributed by atoms with E-state index in [9.17, 15) is 9.59 Å². The average Bonchev–Trinajstić information content (AvgIpc) is 3.14. The Labute approximate surface area is 200 Å². The number of ether oxygens (including phenoxy) is 1. The highest BCUT2D eigenvalue weighted by Crippen LogP contribution is 2.38. The fraction of sp³-hybridized carbons (Fsp3) is 0.250. The highest BCUT2D eigenvalue weighted by molar-refractivity contribution is 6.45. The number of pyridine rings is 1. The fourth-order valence-electron chi connectivity index (χ4n) is 4.26. The maximum atomic E-state index is 13.8. The van der Waals surface area contributed by atoms with Gasteiger partial charge in [-0.25, -0.2) is 4.90 Å². The van der Waals surface area contributed by atoms with E-state index in [0.717, 1.165) is 24.0 Å². The lowest BCUT2D eigenvalue weighted by Gasteiger charge is -2.25. The molecule has 0 N–H and O–H groups in total. The van der Waals surface area contributed by atoms with Crippen molar-refractivity contribution in [3.63, 3.8) is 0 Å². The first-order chi connectivity index (χ1) is 16.6. The molecule has 0 bridgehead atoms. The maximum absolute atomic E-state index is 13.8. The first kappa shape index (κ1) is 23.2. The van der Waals surface area contributed by atoms with Gasteiger partial charge in [0.15, 0.2) is 0 Å². The van der Waals surface area contributed by atoms with Crippen LogP contribution >= 0.6 is 0 Å². The van der Waals surface area contributed by atoms with Crippen LogP contribution in [0.4, 0.5) is 5.69 Å². The summed E-state index contributed by atoms with van der Waals surface area (Å²) in [6.07, 6.45) is 5.14. The van der Waals surface area contributed by atoms with Gasteiger partial charge in [-0.15, -0.1) is 0 Å². The van der Waals surface area contributed by atoms with Crippen LogP contribution in [0.1, 0.15) is 30.5 Å². The normalized spacial score (nSPS) is 13.6. The van der Waals surface area contributed by atoms with Gasteiger partial charge in [0.1, 0.15) is 11.4 Å². The van der Waals surface area contributed by atoms with Gasteiger partial charge in [0.25, 0.3) is 11.8 Å². The van der Waals surface area contributed by atoms with Gasteiger partial charge in [-0.2, -0.15) is 0 Å². The molecule has 2 aromatic carbocycles. The number of amides is 2. The molecule has 1 aliphatic heterocycles. The van der Waals surface area contributed by atoms with Crippen molar-refractivity contribution in [3.8, 4) is 5.75 Å². The number of benzene rings is 2. The largest absolute Gasteiger partial charge is 0.496 e. The summed E-state index contributed by atoms with van der Waals surface area (Å²) in [6.45, 7) is 5.25. The first-order valence-electron chi connectivity index (χ1n) is 11.6. The standard InChI is InChI=1S/C28H29N3O3/c1-4-20-10-12-22(13-11-20)31-27(32)25(23-8-6-7-9-24(23)34-3)26(28(31)33)30(5-2)19-16-21-14-17-29-18-15-21/h6-15,17-18H,4-5,16,19H2,1-3H3. The highest BCUT2D eigenvalue weighted by atomic mass is 16.5. The Bertz CT molecular complexity index is 1200. The summed E-state index contributed by atoms with van der Waals surface area (Å²) in [5.41, 5.74) is 4.24. The van der Waals surface area contributed by atoms with E-state index in [1.165, 1.54) is 4.90 Å². The quantitative estimate of drug-likeness (QED) is 0.445. The van der Waals surface area contributed by atoms with Crippen molar-refractivity contribution in [1.29, 1.82) is 0 Å².